The van der Waals surface area contributed by atoms with E-state index in [1.54, 1.807) is 21.3 Å². The summed E-state index contributed by atoms with van der Waals surface area (Å²) >= 11 is 0. The third-order valence-corrected chi connectivity index (χ3v) is 11.1. The van der Waals surface area contributed by atoms with Crippen molar-refractivity contribution < 1.29 is 38.1 Å². The molecule has 1 aliphatic heterocycles. The molecule has 6 aromatic rings. The molecule has 0 spiro atoms. The van der Waals surface area contributed by atoms with Crippen LogP contribution in [-0.4, -0.2) is 115 Å². The average Bonchev–Trinajstić information content (AvgIpc) is 4.03. The third kappa shape index (κ3) is 15.6. The Morgan fingerprint density at radius 2 is 1.56 bits per heavy atom. The fourth-order valence-electron chi connectivity index (χ4n) is 7.66. The molecule has 1 aliphatic rings. The number of ether oxygens (including phenoxy) is 4. The molecule has 2 aromatic heterocycles. The molecule has 7 rings (SSSR count). The summed E-state index contributed by atoms with van der Waals surface area (Å²) in [7, 11) is 9.11. The molecule has 0 aliphatic carbocycles. The maximum absolute atomic E-state index is 13.9. The number of likely N-dealkylation sites (N-methyl/N-ethyl adjacent to an activating group) is 1. The molecule has 17 nitrogen and oxygen atoms in total. The number of terminal acetylenes is 1. The second kappa shape index (κ2) is 29.6. The van der Waals surface area contributed by atoms with Crippen molar-refractivity contribution in [3.63, 3.8) is 0 Å². The number of aromatic amines is 2. The number of hydrogen-bond acceptors (Lipinski definition) is 12. The van der Waals surface area contributed by atoms with Crippen molar-refractivity contribution in [2.75, 3.05) is 55.6 Å². The van der Waals surface area contributed by atoms with E-state index in [9.17, 15) is 14.4 Å². The van der Waals surface area contributed by atoms with Gasteiger partial charge in [0, 0.05) is 58.8 Å². The van der Waals surface area contributed by atoms with Gasteiger partial charge in [0.15, 0.2) is 0 Å². The molecule has 376 valence electrons. The summed E-state index contributed by atoms with van der Waals surface area (Å²) in [6.45, 7) is 11.3. The molecular weight excluding hydrogens is 891 g/mol. The summed E-state index contributed by atoms with van der Waals surface area (Å²) < 4.78 is 18.7. The van der Waals surface area contributed by atoms with Crippen LogP contribution in [0.4, 0.5) is 4.79 Å². The fourth-order valence-corrected chi connectivity index (χ4v) is 7.66. The minimum absolute atomic E-state index is 0.0665. The van der Waals surface area contributed by atoms with Crippen LogP contribution < -0.4 is 15.9 Å². The number of alkyl carbamates (subject to hydrolysis) is 1. The Balaban J connectivity index is 0.000000762. The molecule has 0 saturated heterocycles. The Bertz CT molecular complexity index is 2590. The number of imidazole rings is 2. The highest BCUT2D eigenvalue weighted by Gasteiger charge is 2.29. The van der Waals surface area contributed by atoms with Crippen molar-refractivity contribution in [3.05, 3.63) is 102 Å². The van der Waals surface area contributed by atoms with E-state index in [2.05, 4.69) is 117 Å². The van der Waals surface area contributed by atoms with Gasteiger partial charge in [-0.05, 0) is 70.7 Å². The van der Waals surface area contributed by atoms with Gasteiger partial charge in [0.1, 0.15) is 30.0 Å². The number of carbonyl (C=O) groups excluding carboxylic acids is 4. The summed E-state index contributed by atoms with van der Waals surface area (Å²) in [6, 6.07) is 23.9. The molecule has 4 aromatic carbocycles. The number of amides is 3. The number of methoxy groups -OCH3 is 3. The number of hydrazine groups is 1. The summed E-state index contributed by atoms with van der Waals surface area (Å²) in [5.41, 5.74) is 7.79. The van der Waals surface area contributed by atoms with Gasteiger partial charge in [-0.25, -0.2) is 19.8 Å². The number of fused-ring (bicyclic) bond motifs is 6. The Labute approximate surface area is 412 Å². The standard InChI is InChI=1S/C44H52N8O3.C3H7NO2.C2H4O2.C2H6O.C2H2/c1-6-18-51(41(53)20-28(4)8-3)25-39-46-24-37(48-39)31-14-16-33-32(21-31)27-55-38-23-34-30(22-35(33)38)15-17-36-42(34)49-40(47-36)26-52(19-7-2)44(54)43(50(5)45)29-12-10-9-11-13-29;1-4-3(5)6-2;1-4-2-3;1-3-2;1-2/h9-17,21-24,28,43H,6-8,18-20,25-27,45H2,1-5H3,(H,46,48)(H,47,49);1-2H3,(H,4,5);2H,1H3;1-2H3;1-2H/t28-,43+;;;;/m0..../s1. The molecule has 70 heavy (non-hydrogen) atoms. The highest BCUT2D eigenvalue weighted by molar-refractivity contribution is 6.07. The van der Waals surface area contributed by atoms with Crippen molar-refractivity contribution in [2.24, 2.45) is 11.8 Å². The van der Waals surface area contributed by atoms with Crippen LogP contribution in [-0.2, 0) is 48.3 Å². The first-order chi connectivity index (χ1) is 33.8. The van der Waals surface area contributed by atoms with Gasteiger partial charge in [-0.15, -0.1) is 12.8 Å². The zero-order valence-corrected chi connectivity index (χ0v) is 42.3. The van der Waals surface area contributed by atoms with E-state index in [1.165, 1.54) is 26.3 Å². The van der Waals surface area contributed by atoms with E-state index in [4.69, 9.17) is 20.4 Å². The van der Waals surface area contributed by atoms with Crippen LogP contribution in [0, 0.1) is 18.8 Å². The predicted octanol–water partition coefficient (Wildman–Crippen LogP) is 8.40. The Hall–Kier alpha value is -7.26. The molecule has 3 amide bonds. The third-order valence-electron chi connectivity index (χ3n) is 11.1. The molecule has 0 radical (unpaired) electrons. The van der Waals surface area contributed by atoms with Crippen LogP contribution in [0.15, 0.2) is 79.0 Å². The molecular formula is C53H71N9O8. The maximum Gasteiger partial charge on any atom is 0.406 e. The van der Waals surface area contributed by atoms with Gasteiger partial charge in [0.2, 0.25) is 11.8 Å². The van der Waals surface area contributed by atoms with Crippen molar-refractivity contribution in [2.45, 2.75) is 79.1 Å². The van der Waals surface area contributed by atoms with E-state index in [1.807, 2.05) is 46.3 Å². The Kier molecular flexibility index (Phi) is 24.1. The van der Waals surface area contributed by atoms with Crippen LogP contribution in [0.5, 0.6) is 5.75 Å². The molecule has 0 unspecified atom stereocenters. The largest absolute Gasteiger partial charge is 0.488 e. The lowest BCUT2D eigenvalue weighted by Crippen LogP contribution is -2.44. The number of rotatable bonds is 16. The van der Waals surface area contributed by atoms with Crippen molar-refractivity contribution in [3.8, 4) is 41.0 Å². The number of carbonyl (C=O) groups is 4. The number of aromatic nitrogens is 4. The minimum atomic E-state index is -0.602. The monoisotopic (exact) mass is 962 g/mol. The second-order valence-corrected chi connectivity index (χ2v) is 16.4. The molecule has 5 N–H and O–H groups in total. The molecule has 2 atom stereocenters. The molecule has 0 fully saturated rings. The van der Waals surface area contributed by atoms with E-state index in [0.29, 0.717) is 57.4 Å². The van der Waals surface area contributed by atoms with Crippen LogP contribution in [0.25, 0.3) is 44.2 Å². The first-order valence-corrected chi connectivity index (χ1v) is 23.1. The summed E-state index contributed by atoms with van der Waals surface area (Å²) in [4.78, 5) is 66.1. The van der Waals surface area contributed by atoms with E-state index in [0.717, 1.165) is 86.2 Å². The first-order valence-electron chi connectivity index (χ1n) is 23.1. The lowest BCUT2D eigenvalue weighted by atomic mass is 9.92. The van der Waals surface area contributed by atoms with Gasteiger partial charge >= 0.3 is 6.09 Å². The van der Waals surface area contributed by atoms with Gasteiger partial charge < -0.3 is 44.0 Å². The highest BCUT2D eigenvalue weighted by atomic mass is 16.5. The van der Waals surface area contributed by atoms with Crippen molar-refractivity contribution in [1.29, 1.82) is 0 Å². The number of hydrogen-bond donors (Lipinski definition) is 4. The lowest BCUT2D eigenvalue weighted by molar-refractivity contribution is -0.137. The van der Waals surface area contributed by atoms with Gasteiger partial charge in [-0.1, -0.05) is 82.6 Å². The number of nitrogens with zero attached hydrogens (tertiary/aromatic N) is 5. The second-order valence-electron chi connectivity index (χ2n) is 16.4. The first kappa shape index (κ1) is 57.1. The van der Waals surface area contributed by atoms with Gasteiger partial charge in [0.25, 0.3) is 6.47 Å². The van der Waals surface area contributed by atoms with Gasteiger partial charge in [-0.3, -0.25) is 20.2 Å². The van der Waals surface area contributed by atoms with Crippen molar-refractivity contribution >= 4 is 46.2 Å². The van der Waals surface area contributed by atoms with E-state index in [-0.39, 0.29) is 11.8 Å². The number of benzene rings is 4. The molecule has 17 heteroatoms. The van der Waals surface area contributed by atoms with E-state index < -0.39 is 12.1 Å². The molecule has 3 heterocycles. The topological polar surface area (TPSA) is 210 Å². The van der Waals surface area contributed by atoms with Crippen LogP contribution in [0.2, 0.25) is 0 Å². The molecule has 0 bridgehead atoms. The van der Waals surface area contributed by atoms with Crippen molar-refractivity contribution in [1.82, 2.24) is 40.1 Å². The average molecular weight is 962 g/mol. The molecule has 0 saturated carbocycles. The summed E-state index contributed by atoms with van der Waals surface area (Å²) in [5.74, 6) is 9.00. The fraction of sp³-hybridized carbons (Fsp3) is 0.396. The quantitative estimate of drug-likeness (QED) is 0.0312. The van der Waals surface area contributed by atoms with Crippen LogP contribution in [0.1, 0.15) is 82.2 Å². The number of H-pyrrole nitrogens is 2. The Morgan fingerprint density at radius 3 is 2.14 bits per heavy atom. The smallest absolute Gasteiger partial charge is 0.406 e. The minimum Gasteiger partial charge on any atom is -0.488 e. The van der Waals surface area contributed by atoms with Gasteiger partial charge in [-0.2, -0.15) is 0 Å². The zero-order chi connectivity index (χ0) is 51.8. The zero-order valence-electron chi connectivity index (χ0n) is 42.3. The maximum atomic E-state index is 13.9. The normalized spacial score (nSPS) is 11.7. The predicted molar refractivity (Wildman–Crippen MR) is 275 cm³/mol. The van der Waals surface area contributed by atoms with Crippen LogP contribution in [0.3, 0.4) is 0 Å². The summed E-state index contributed by atoms with van der Waals surface area (Å²) in [5, 5.41) is 5.77. The summed E-state index contributed by atoms with van der Waals surface area (Å²) in [6.07, 6.45) is 12.7. The highest BCUT2D eigenvalue weighted by Crippen LogP contribution is 2.42. The Morgan fingerprint density at radius 1 is 0.900 bits per heavy atom. The lowest BCUT2D eigenvalue weighted by Gasteiger charge is -2.30. The van der Waals surface area contributed by atoms with Crippen LogP contribution >= 0.6 is 0 Å². The van der Waals surface area contributed by atoms with Gasteiger partial charge in [0.05, 0.1) is 50.2 Å². The number of nitrogens with one attached hydrogen (secondary N) is 3. The van der Waals surface area contributed by atoms with E-state index >= 15 is 0 Å². The number of nitrogens with two attached hydrogens (primary N) is 1. The SMILES string of the molecule is C#C.CCCN(Cc1ncc(-c2ccc3c(c2)COc2cc4c(ccc5[nH]c(CN(CCC)C(=O)[C@@H](c6ccccc6)N(C)N)nc54)cc2-3)[nH]1)C(=O)C[C@@H](C)CC.CNC(=O)OC.COC.COC=O.